The largest absolute Gasteiger partial charge is 2.00 e. The second-order valence-corrected chi connectivity index (χ2v) is 10.3. The Kier molecular flexibility index (Phi) is 14.0. The fraction of sp³-hybridized carbons (Fsp3) is 0.500. The monoisotopic (exact) mass is 516 g/mol. The summed E-state index contributed by atoms with van der Waals surface area (Å²) in [5.74, 6) is -1.98. The van der Waals surface area contributed by atoms with Gasteiger partial charge >= 0.3 is 23.1 Å². The zero-order valence-electron chi connectivity index (χ0n) is 14.5. The molecule has 0 aliphatic rings. The Morgan fingerprint density at radius 3 is 0.966 bits per heavy atom. The van der Waals surface area contributed by atoms with Crippen LogP contribution in [0.25, 0.3) is 0 Å². The van der Waals surface area contributed by atoms with Gasteiger partial charge in [-0.15, -0.1) is 11.5 Å². The number of hydrogen-bond donors (Lipinski definition) is 6. The minimum Gasteiger partial charge on any atom is -0.365 e. The van der Waals surface area contributed by atoms with Crippen molar-refractivity contribution < 1.29 is 61.5 Å². The first-order valence-electron chi connectivity index (χ1n) is 6.16. The normalized spacial score (nSPS) is 14.3. The summed E-state index contributed by atoms with van der Waals surface area (Å²) in [5, 5.41) is -1.16. The van der Waals surface area contributed by atoms with E-state index < -0.39 is 63.0 Å². The molecule has 2 atom stereocenters. The summed E-state index contributed by atoms with van der Waals surface area (Å²) < 4.78 is 116. The molecule has 16 nitrogen and oxygen atoms in total. The second-order valence-electron chi connectivity index (χ2n) is 4.57. The summed E-state index contributed by atoms with van der Waals surface area (Å²) in [5.41, 5.74) is 0. The van der Waals surface area contributed by atoms with Crippen molar-refractivity contribution in [1.82, 2.24) is 10.6 Å². The fourth-order valence-electron chi connectivity index (χ4n) is 1.07. The molecule has 0 aromatic heterocycles. The van der Waals surface area contributed by atoms with Crippen molar-refractivity contribution in [1.29, 1.82) is 0 Å². The quantitative estimate of drug-likeness (QED) is 0.103. The first-order valence-corrected chi connectivity index (χ1v) is 12.2. The molecule has 0 fully saturated rings. The van der Waals surface area contributed by atoms with Gasteiger partial charge in [-0.3, -0.25) is 18.7 Å². The second kappa shape index (κ2) is 12.3. The van der Waals surface area contributed by atoms with Gasteiger partial charge in [0.15, 0.2) is 0 Å². The average Bonchev–Trinajstić information content (AvgIpc) is 2.31. The van der Waals surface area contributed by atoms with Crippen LogP contribution in [0.5, 0.6) is 0 Å². The van der Waals surface area contributed by atoms with Gasteiger partial charge in [0, 0.05) is 13.8 Å². The van der Waals surface area contributed by atoms with Gasteiger partial charge in [-0.1, -0.05) is 0 Å². The molecular weight excluding hydrogens is 501 g/mol. The van der Waals surface area contributed by atoms with E-state index in [-0.39, 0.29) is 34.6 Å². The molecule has 168 valence electrons. The third-order valence-electron chi connectivity index (χ3n) is 1.92. The van der Waals surface area contributed by atoms with Crippen LogP contribution in [0, 0.1) is 11.5 Å². The number of rotatable bonds is 8. The smallest absolute Gasteiger partial charge is 0.365 e. The van der Waals surface area contributed by atoms with Gasteiger partial charge in [0.25, 0.3) is 20.2 Å². The zero-order valence-corrected chi connectivity index (χ0v) is 19.2. The van der Waals surface area contributed by atoms with E-state index in [2.05, 4.69) is 0 Å². The maximum atomic E-state index is 10.5. The van der Waals surface area contributed by atoms with Crippen LogP contribution in [0.3, 0.4) is 0 Å². The SMILES string of the molecule is CC(=O)NC([CH-]S(=O)(=O)O)S(=O)(=O)O.CC(=O)NC([CH-]S(=O)(=O)O)S(=O)(=O)O.[Mg+2]. The van der Waals surface area contributed by atoms with E-state index in [9.17, 15) is 43.3 Å². The first-order chi connectivity index (χ1) is 12.0. The van der Waals surface area contributed by atoms with Crippen molar-refractivity contribution in [2.24, 2.45) is 0 Å². The van der Waals surface area contributed by atoms with Gasteiger partial charge in [0.2, 0.25) is 11.8 Å². The third-order valence-corrected chi connectivity index (χ3v) is 5.29. The van der Waals surface area contributed by atoms with Crippen LogP contribution in [-0.2, 0) is 50.1 Å². The van der Waals surface area contributed by atoms with Crippen LogP contribution in [0.15, 0.2) is 0 Å². The Bertz CT molecular complexity index is 902. The number of amides is 2. The molecule has 21 heteroatoms. The maximum Gasteiger partial charge on any atom is 2.00 e. The molecule has 0 spiro atoms. The molecule has 0 radical (unpaired) electrons. The van der Waals surface area contributed by atoms with Gasteiger partial charge in [-0.2, -0.15) is 0 Å². The third kappa shape index (κ3) is 20.4. The summed E-state index contributed by atoms with van der Waals surface area (Å²) in [4.78, 5) is 20.8. The van der Waals surface area contributed by atoms with Crippen molar-refractivity contribution in [3.63, 3.8) is 0 Å². The number of nitrogens with one attached hydrogen (secondary N) is 2. The molecule has 6 N–H and O–H groups in total. The molecule has 0 aromatic rings. The molecule has 0 aliphatic carbocycles. The van der Waals surface area contributed by atoms with E-state index in [1.807, 2.05) is 0 Å². The van der Waals surface area contributed by atoms with Crippen LogP contribution in [-0.4, -0.2) is 97.5 Å². The predicted molar refractivity (Wildman–Crippen MR) is 95.8 cm³/mol. The Hall–Kier alpha value is -0.654. The van der Waals surface area contributed by atoms with Gasteiger partial charge in [-0.05, 0) is 0 Å². The molecule has 0 saturated heterocycles. The molecule has 0 aromatic carbocycles. The number of carbonyl (C=O) groups is 2. The summed E-state index contributed by atoms with van der Waals surface area (Å²) in [6, 6.07) is 0. The van der Waals surface area contributed by atoms with Crippen LogP contribution in [0.1, 0.15) is 13.8 Å². The van der Waals surface area contributed by atoms with Crippen LogP contribution >= 0.6 is 0 Å². The van der Waals surface area contributed by atoms with E-state index >= 15 is 0 Å². The van der Waals surface area contributed by atoms with Crippen molar-refractivity contribution in [2.75, 3.05) is 0 Å². The number of carbonyl (C=O) groups excluding carboxylic acids is 2. The summed E-state index contributed by atoms with van der Waals surface area (Å²) in [7, 11) is -19.1. The van der Waals surface area contributed by atoms with E-state index in [1.54, 1.807) is 10.6 Å². The minimum atomic E-state index is -4.82. The molecule has 0 heterocycles. The molecule has 2 amide bonds. The van der Waals surface area contributed by atoms with Crippen LogP contribution < -0.4 is 10.6 Å². The van der Waals surface area contributed by atoms with E-state index in [0.29, 0.717) is 0 Å². The Morgan fingerprint density at radius 2 is 0.862 bits per heavy atom. The van der Waals surface area contributed by atoms with Gasteiger partial charge in [-0.25, -0.2) is 33.7 Å². The Balaban J connectivity index is -0.000000451. The molecule has 0 aliphatic heterocycles. The molecule has 29 heavy (non-hydrogen) atoms. The predicted octanol–water partition coefficient (Wildman–Crippen LogP) is -3.61. The summed E-state index contributed by atoms with van der Waals surface area (Å²) in [6.07, 6.45) is 0. The van der Waals surface area contributed by atoms with Crippen molar-refractivity contribution in [3.8, 4) is 0 Å². The van der Waals surface area contributed by atoms with Crippen molar-refractivity contribution >= 4 is 75.3 Å². The van der Waals surface area contributed by atoms with E-state index in [4.69, 9.17) is 18.2 Å². The average molecular weight is 517 g/mol. The molecule has 2 unspecified atom stereocenters. The van der Waals surface area contributed by atoms with E-state index in [1.165, 1.54) is 0 Å². The van der Waals surface area contributed by atoms with Crippen LogP contribution in [0.4, 0.5) is 0 Å². The maximum absolute atomic E-state index is 10.5. The first kappa shape index (κ1) is 33.0. The molecule has 0 bridgehead atoms. The van der Waals surface area contributed by atoms with Crippen LogP contribution in [0.2, 0.25) is 0 Å². The van der Waals surface area contributed by atoms with Crippen molar-refractivity contribution in [2.45, 2.75) is 24.6 Å². The Morgan fingerprint density at radius 1 is 0.655 bits per heavy atom. The Labute approximate surface area is 183 Å². The number of hydrogen-bond acceptors (Lipinski definition) is 10. The van der Waals surface area contributed by atoms with Gasteiger partial charge in [0.05, 0.1) is 10.7 Å². The standard InChI is InChI=1S/2C4H8NO7S2.Mg/c2*1-3(6)5-4(14(10,11)12)2-13(7,8)9;/h2*2,4H,1H3,(H,5,6)(H,7,8,9)(H,10,11,12);/q2*-1;+2. The molecule has 0 saturated carbocycles. The van der Waals surface area contributed by atoms with Gasteiger partial charge in [0.1, 0.15) is 20.2 Å². The van der Waals surface area contributed by atoms with Crippen molar-refractivity contribution in [3.05, 3.63) is 11.5 Å². The van der Waals surface area contributed by atoms with Gasteiger partial charge < -0.3 is 19.7 Å². The fourth-order valence-corrected chi connectivity index (χ4v) is 4.43. The minimum absolute atomic E-state index is 0. The summed E-state index contributed by atoms with van der Waals surface area (Å²) in [6.45, 7) is 1.83. The van der Waals surface area contributed by atoms with E-state index in [0.717, 1.165) is 13.8 Å². The molecule has 0 rings (SSSR count). The topological polar surface area (TPSA) is 276 Å². The zero-order chi connectivity index (χ0) is 23.1. The molecular formula is C8H16MgN2O14S4. The summed E-state index contributed by atoms with van der Waals surface area (Å²) >= 11 is 0.